The number of halogens is 1. The van der Waals surface area contributed by atoms with Gasteiger partial charge in [-0.25, -0.2) is 0 Å². The largest absolute Gasteiger partial charge is 0.380 e. The molecule has 0 atom stereocenters. The lowest BCUT2D eigenvalue weighted by Crippen LogP contribution is -2.24. The van der Waals surface area contributed by atoms with Crippen molar-refractivity contribution in [2.24, 2.45) is 0 Å². The summed E-state index contributed by atoms with van der Waals surface area (Å²) in [6.45, 7) is 1.08. The monoisotopic (exact) mass is 385 g/mol. The van der Waals surface area contributed by atoms with Crippen LogP contribution in [-0.2, 0) is 22.7 Å². The van der Waals surface area contributed by atoms with Crippen molar-refractivity contribution in [2.45, 2.75) is 18.0 Å². The molecule has 3 aromatic carbocycles. The summed E-state index contributed by atoms with van der Waals surface area (Å²) in [4.78, 5) is 13.3. The number of carbonyl (C=O) groups is 1. The quantitative estimate of drug-likeness (QED) is 0.578. The fourth-order valence-electron chi connectivity index (χ4n) is 2.77. The zero-order valence-corrected chi connectivity index (χ0v) is 16.1. The van der Waals surface area contributed by atoms with E-state index < -0.39 is 0 Å². The van der Waals surface area contributed by atoms with Crippen molar-refractivity contribution < 1.29 is 9.53 Å². The van der Waals surface area contributed by atoms with Gasteiger partial charge in [0.2, 0.25) is 5.91 Å². The van der Waals surface area contributed by atoms with Gasteiger partial charge in [-0.2, -0.15) is 0 Å². The van der Waals surface area contributed by atoms with E-state index in [9.17, 15) is 4.79 Å². The van der Waals surface area contributed by atoms with Crippen LogP contribution in [0.4, 0.5) is 0 Å². The zero-order valence-electron chi connectivity index (χ0n) is 14.5. The highest BCUT2D eigenvalue weighted by atomic mass is 35.5. The molecule has 3 nitrogen and oxygen atoms in total. The van der Waals surface area contributed by atoms with E-state index in [-0.39, 0.29) is 5.91 Å². The molecule has 0 saturated heterocycles. The molecule has 5 heteroatoms. The lowest BCUT2D eigenvalue weighted by Gasteiger charge is -2.09. The number of carbonyl (C=O) groups excluding carboxylic acids is 1. The standard InChI is InChI=1S/C21H20ClNO2S/c1-25-13-16-6-2-5-15(11-16)12-23-20(24)14-26-19-10-4-8-17-7-3-9-18(22)21(17)19/h2-11H,12-14H2,1H3,(H,23,24). The molecule has 0 radical (unpaired) electrons. The predicted octanol–water partition coefficient (Wildman–Crippen LogP) is 5.05. The number of thioether (sulfide) groups is 1. The second-order valence-electron chi connectivity index (χ2n) is 5.91. The molecule has 3 aromatic rings. The smallest absolute Gasteiger partial charge is 0.230 e. The summed E-state index contributed by atoms with van der Waals surface area (Å²) in [6, 6.07) is 19.9. The third-order valence-electron chi connectivity index (χ3n) is 3.97. The van der Waals surface area contributed by atoms with Gasteiger partial charge in [-0.05, 0) is 28.6 Å². The van der Waals surface area contributed by atoms with Crippen LogP contribution in [0.2, 0.25) is 5.02 Å². The summed E-state index contributed by atoms with van der Waals surface area (Å²) in [5.74, 6) is 0.346. The zero-order chi connectivity index (χ0) is 18.4. The average molecular weight is 386 g/mol. The average Bonchev–Trinajstić information content (AvgIpc) is 2.65. The maximum atomic E-state index is 12.2. The van der Waals surface area contributed by atoms with Crippen molar-refractivity contribution in [3.05, 3.63) is 76.8 Å². The van der Waals surface area contributed by atoms with Crippen LogP contribution in [0.15, 0.2) is 65.6 Å². The Balaban J connectivity index is 1.59. The molecular weight excluding hydrogens is 366 g/mol. The van der Waals surface area contributed by atoms with Crippen LogP contribution >= 0.6 is 23.4 Å². The van der Waals surface area contributed by atoms with E-state index in [2.05, 4.69) is 5.32 Å². The van der Waals surface area contributed by atoms with Gasteiger partial charge < -0.3 is 10.1 Å². The van der Waals surface area contributed by atoms with E-state index in [1.807, 2.05) is 60.7 Å². The van der Waals surface area contributed by atoms with Crippen LogP contribution in [0.3, 0.4) is 0 Å². The number of methoxy groups -OCH3 is 1. The Morgan fingerprint density at radius 3 is 2.62 bits per heavy atom. The van der Waals surface area contributed by atoms with Gasteiger partial charge in [-0.1, -0.05) is 60.1 Å². The van der Waals surface area contributed by atoms with E-state index >= 15 is 0 Å². The van der Waals surface area contributed by atoms with Crippen molar-refractivity contribution in [1.29, 1.82) is 0 Å². The van der Waals surface area contributed by atoms with Gasteiger partial charge in [-0.15, -0.1) is 11.8 Å². The molecule has 0 heterocycles. The van der Waals surface area contributed by atoms with Gasteiger partial charge in [0.15, 0.2) is 0 Å². The fourth-order valence-corrected chi connectivity index (χ4v) is 4.05. The summed E-state index contributed by atoms with van der Waals surface area (Å²) < 4.78 is 5.14. The van der Waals surface area contributed by atoms with Gasteiger partial charge in [0, 0.05) is 29.0 Å². The van der Waals surface area contributed by atoms with Crippen molar-refractivity contribution in [3.63, 3.8) is 0 Å². The third-order valence-corrected chi connectivity index (χ3v) is 5.34. The lowest BCUT2D eigenvalue weighted by molar-refractivity contribution is -0.118. The Morgan fingerprint density at radius 2 is 1.81 bits per heavy atom. The maximum absolute atomic E-state index is 12.2. The number of nitrogens with one attached hydrogen (secondary N) is 1. The van der Waals surface area contributed by atoms with Crippen LogP contribution < -0.4 is 5.32 Å². The van der Waals surface area contributed by atoms with E-state index in [0.29, 0.717) is 23.9 Å². The third kappa shape index (κ3) is 4.79. The molecule has 0 saturated carbocycles. The number of rotatable bonds is 7. The minimum Gasteiger partial charge on any atom is -0.380 e. The summed E-state index contributed by atoms with van der Waals surface area (Å²) in [5, 5.41) is 5.76. The minimum atomic E-state index is -0.00352. The summed E-state index contributed by atoms with van der Waals surface area (Å²) in [7, 11) is 1.67. The molecule has 1 amide bonds. The van der Waals surface area contributed by atoms with Crippen molar-refractivity contribution in [1.82, 2.24) is 5.32 Å². The Kier molecular flexibility index (Phi) is 6.56. The molecule has 0 aromatic heterocycles. The maximum Gasteiger partial charge on any atom is 0.230 e. The Hall–Kier alpha value is -2.01. The second-order valence-corrected chi connectivity index (χ2v) is 7.34. The molecule has 1 N–H and O–H groups in total. The molecule has 0 aliphatic carbocycles. The van der Waals surface area contributed by atoms with Crippen LogP contribution in [-0.4, -0.2) is 18.8 Å². The van der Waals surface area contributed by atoms with Crippen LogP contribution in [0.25, 0.3) is 10.8 Å². The molecule has 0 bridgehead atoms. The minimum absolute atomic E-state index is 0.00352. The van der Waals surface area contributed by atoms with Crippen molar-refractivity contribution in [2.75, 3.05) is 12.9 Å². The first-order valence-corrected chi connectivity index (χ1v) is 9.67. The van der Waals surface area contributed by atoms with Gasteiger partial charge in [-0.3, -0.25) is 4.79 Å². The summed E-state index contributed by atoms with van der Waals surface area (Å²) in [5.41, 5.74) is 2.16. The summed E-state index contributed by atoms with van der Waals surface area (Å²) >= 11 is 7.84. The first-order chi connectivity index (χ1) is 12.7. The molecule has 0 unspecified atom stereocenters. The van der Waals surface area contributed by atoms with E-state index in [0.717, 1.165) is 26.8 Å². The number of fused-ring (bicyclic) bond motifs is 1. The van der Waals surface area contributed by atoms with E-state index in [1.165, 1.54) is 11.8 Å². The first-order valence-electron chi connectivity index (χ1n) is 8.31. The number of hydrogen-bond donors (Lipinski definition) is 1. The van der Waals surface area contributed by atoms with E-state index in [4.69, 9.17) is 16.3 Å². The SMILES string of the molecule is COCc1cccc(CNC(=O)CSc2cccc3cccc(Cl)c23)c1. The number of benzene rings is 3. The van der Waals surface area contributed by atoms with E-state index in [1.54, 1.807) is 7.11 Å². The fraction of sp³-hybridized carbons (Fsp3) is 0.190. The molecule has 26 heavy (non-hydrogen) atoms. The highest BCUT2D eigenvalue weighted by molar-refractivity contribution is 8.00. The number of ether oxygens (including phenoxy) is 1. The van der Waals surface area contributed by atoms with Gasteiger partial charge in [0.05, 0.1) is 12.4 Å². The van der Waals surface area contributed by atoms with Gasteiger partial charge in [0.25, 0.3) is 0 Å². The normalized spacial score (nSPS) is 10.8. The second kappa shape index (κ2) is 9.08. The Labute approximate surface area is 162 Å². The van der Waals surface area contributed by atoms with Crippen molar-refractivity contribution in [3.8, 4) is 0 Å². The van der Waals surface area contributed by atoms with Crippen molar-refractivity contribution >= 4 is 40.0 Å². The number of hydrogen-bond acceptors (Lipinski definition) is 3. The Morgan fingerprint density at radius 1 is 1.08 bits per heavy atom. The molecule has 0 aliphatic heterocycles. The highest BCUT2D eigenvalue weighted by Crippen LogP contribution is 2.33. The molecule has 0 aliphatic rings. The molecule has 0 spiro atoms. The predicted molar refractivity (Wildman–Crippen MR) is 109 cm³/mol. The summed E-state index contributed by atoms with van der Waals surface area (Å²) in [6.07, 6.45) is 0. The Bertz CT molecular complexity index is 908. The van der Waals surface area contributed by atoms with Crippen LogP contribution in [0.5, 0.6) is 0 Å². The van der Waals surface area contributed by atoms with Crippen LogP contribution in [0.1, 0.15) is 11.1 Å². The van der Waals surface area contributed by atoms with Crippen LogP contribution in [0, 0.1) is 0 Å². The molecular formula is C21H20ClNO2S. The molecule has 3 rings (SSSR count). The topological polar surface area (TPSA) is 38.3 Å². The number of amides is 1. The molecule has 0 fully saturated rings. The first kappa shape index (κ1) is 18.8. The van der Waals surface area contributed by atoms with Gasteiger partial charge >= 0.3 is 0 Å². The highest BCUT2D eigenvalue weighted by Gasteiger charge is 2.08. The van der Waals surface area contributed by atoms with Gasteiger partial charge in [0.1, 0.15) is 0 Å². The lowest BCUT2D eigenvalue weighted by atomic mass is 10.1. The molecule has 134 valence electrons.